The maximum atomic E-state index is 12.4. The Balaban J connectivity index is 1.57. The van der Waals surface area contributed by atoms with Crippen molar-refractivity contribution in [1.29, 1.82) is 0 Å². The predicted molar refractivity (Wildman–Crippen MR) is 92.9 cm³/mol. The number of carbonyl (C=O) groups is 1. The Morgan fingerprint density at radius 1 is 1.44 bits per heavy atom. The molecule has 2 heterocycles. The van der Waals surface area contributed by atoms with Crippen LogP contribution in [0.15, 0.2) is 34.9 Å². The summed E-state index contributed by atoms with van der Waals surface area (Å²) in [5.41, 5.74) is 0.894. The molecule has 0 unspecified atom stereocenters. The van der Waals surface area contributed by atoms with Gasteiger partial charge in [0, 0.05) is 18.7 Å². The highest BCUT2D eigenvalue weighted by atomic mass is 16.5. The Kier molecular flexibility index (Phi) is 5.33. The first-order valence-electron chi connectivity index (χ1n) is 8.64. The minimum Gasteiger partial charge on any atom is -0.394 e. The van der Waals surface area contributed by atoms with E-state index in [-0.39, 0.29) is 24.6 Å². The van der Waals surface area contributed by atoms with Crippen LogP contribution < -0.4 is 5.32 Å². The number of aromatic nitrogens is 2. The summed E-state index contributed by atoms with van der Waals surface area (Å²) in [7, 11) is 0. The number of nitrogens with one attached hydrogen (secondary N) is 1. The smallest absolute Gasteiger partial charge is 0.317 e. The van der Waals surface area contributed by atoms with Crippen LogP contribution in [0.5, 0.6) is 0 Å². The molecular weight excluding hydrogens is 320 g/mol. The molecule has 1 fully saturated rings. The highest BCUT2D eigenvalue weighted by molar-refractivity contribution is 5.75. The number of urea groups is 1. The molecule has 7 heteroatoms. The number of aliphatic hydroxyl groups excluding tert-OH is 1. The molecule has 0 bridgehead atoms. The summed E-state index contributed by atoms with van der Waals surface area (Å²) in [6.45, 7) is 5.05. The normalized spacial score (nSPS) is 21.3. The Bertz CT molecular complexity index is 703. The van der Waals surface area contributed by atoms with Crippen molar-refractivity contribution in [3.63, 3.8) is 0 Å². The van der Waals surface area contributed by atoms with Gasteiger partial charge in [-0.2, -0.15) is 4.98 Å². The molecule has 134 valence electrons. The lowest BCUT2D eigenvalue weighted by Gasteiger charge is -2.25. The second-order valence-corrected chi connectivity index (χ2v) is 6.62. The molecule has 0 radical (unpaired) electrons. The summed E-state index contributed by atoms with van der Waals surface area (Å²) in [6.07, 6.45) is 0.915. The van der Waals surface area contributed by atoms with Gasteiger partial charge < -0.3 is 19.8 Å². The lowest BCUT2D eigenvalue weighted by molar-refractivity contribution is 0.143. The van der Waals surface area contributed by atoms with Gasteiger partial charge in [0.15, 0.2) is 0 Å². The highest BCUT2D eigenvalue weighted by Crippen LogP contribution is 2.24. The van der Waals surface area contributed by atoms with Crippen LogP contribution in [0, 0.1) is 5.92 Å². The molecule has 0 saturated carbocycles. The number of aliphatic hydroxyl groups is 1. The molecule has 3 atom stereocenters. The van der Waals surface area contributed by atoms with Gasteiger partial charge in [-0.1, -0.05) is 49.3 Å². The number of nitrogens with zero attached hydrogens (tertiary/aromatic N) is 3. The number of benzene rings is 1. The fourth-order valence-electron chi connectivity index (χ4n) is 3.11. The van der Waals surface area contributed by atoms with E-state index in [2.05, 4.69) is 22.4 Å². The molecule has 2 N–H and O–H groups in total. The molecular formula is C18H24N4O3. The molecule has 2 amide bonds. The number of hydrogen-bond donors (Lipinski definition) is 2. The van der Waals surface area contributed by atoms with Crippen molar-refractivity contribution in [2.45, 2.75) is 32.2 Å². The van der Waals surface area contributed by atoms with Crippen molar-refractivity contribution in [3.05, 3.63) is 36.2 Å². The van der Waals surface area contributed by atoms with Gasteiger partial charge in [0.05, 0.1) is 18.6 Å². The molecule has 3 rings (SSSR count). The number of carbonyl (C=O) groups excluding carboxylic acids is 1. The SMILES string of the molecule is C[C@H](CNC(=O)N1CC[C@H](C)[C@H]1CO)c1nc(-c2ccccc2)no1. The molecule has 1 aromatic carbocycles. The first-order chi connectivity index (χ1) is 12.1. The third kappa shape index (κ3) is 3.82. The topological polar surface area (TPSA) is 91.5 Å². The van der Waals surface area contributed by atoms with Crippen LogP contribution in [0.3, 0.4) is 0 Å². The van der Waals surface area contributed by atoms with E-state index in [0.717, 1.165) is 12.0 Å². The van der Waals surface area contributed by atoms with E-state index in [1.807, 2.05) is 37.3 Å². The fraction of sp³-hybridized carbons (Fsp3) is 0.500. The van der Waals surface area contributed by atoms with Crippen molar-refractivity contribution in [3.8, 4) is 11.4 Å². The van der Waals surface area contributed by atoms with Crippen molar-refractivity contribution in [1.82, 2.24) is 20.4 Å². The molecule has 25 heavy (non-hydrogen) atoms. The monoisotopic (exact) mass is 344 g/mol. The number of likely N-dealkylation sites (tertiary alicyclic amines) is 1. The van der Waals surface area contributed by atoms with Crippen LogP contribution in [0.1, 0.15) is 32.1 Å². The van der Waals surface area contributed by atoms with Crippen molar-refractivity contribution in [2.75, 3.05) is 19.7 Å². The average molecular weight is 344 g/mol. The predicted octanol–water partition coefficient (Wildman–Crippen LogP) is 2.25. The average Bonchev–Trinajstić information content (AvgIpc) is 3.27. The molecule has 1 aromatic heterocycles. The van der Waals surface area contributed by atoms with Gasteiger partial charge in [-0.05, 0) is 12.3 Å². The first kappa shape index (κ1) is 17.4. The van der Waals surface area contributed by atoms with Crippen molar-refractivity contribution >= 4 is 6.03 Å². The number of hydrogen-bond acceptors (Lipinski definition) is 5. The summed E-state index contributed by atoms with van der Waals surface area (Å²) in [5.74, 6) is 1.26. The highest BCUT2D eigenvalue weighted by Gasteiger charge is 2.33. The van der Waals surface area contributed by atoms with Crippen LogP contribution in [0.2, 0.25) is 0 Å². The summed E-state index contributed by atoms with van der Waals surface area (Å²) >= 11 is 0. The van der Waals surface area contributed by atoms with E-state index >= 15 is 0 Å². The quantitative estimate of drug-likeness (QED) is 0.868. The lowest BCUT2D eigenvalue weighted by atomic mass is 10.0. The second kappa shape index (κ2) is 7.65. The van der Waals surface area contributed by atoms with Gasteiger partial charge >= 0.3 is 6.03 Å². The van der Waals surface area contributed by atoms with E-state index in [1.165, 1.54) is 0 Å². The number of rotatable bonds is 5. The zero-order valence-corrected chi connectivity index (χ0v) is 14.6. The van der Waals surface area contributed by atoms with Gasteiger partial charge in [-0.25, -0.2) is 4.79 Å². The zero-order valence-electron chi connectivity index (χ0n) is 14.6. The van der Waals surface area contributed by atoms with Gasteiger partial charge in [0.2, 0.25) is 11.7 Å². The lowest BCUT2D eigenvalue weighted by Crippen LogP contribution is -2.46. The first-order valence-corrected chi connectivity index (χ1v) is 8.64. The molecule has 1 saturated heterocycles. The maximum Gasteiger partial charge on any atom is 0.317 e. The van der Waals surface area contributed by atoms with Gasteiger partial charge in [-0.15, -0.1) is 0 Å². The maximum absolute atomic E-state index is 12.4. The third-order valence-corrected chi connectivity index (χ3v) is 4.79. The fourth-order valence-corrected chi connectivity index (χ4v) is 3.11. The van der Waals surface area contributed by atoms with Crippen molar-refractivity contribution < 1.29 is 14.4 Å². The van der Waals surface area contributed by atoms with E-state index in [1.54, 1.807) is 4.90 Å². The van der Waals surface area contributed by atoms with E-state index < -0.39 is 0 Å². The van der Waals surface area contributed by atoms with Gasteiger partial charge in [0.25, 0.3) is 0 Å². The Labute approximate surface area is 147 Å². The van der Waals surface area contributed by atoms with Gasteiger partial charge in [-0.3, -0.25) is 0 Å². The van der Waals surface area contributed by atoms with E-state index in [0.29, 0.717) is 30.7 Å². The summed E-state index contributed by atoms with van der Waals surface area (Å²) in [4.78, 5) is 18.5. The standard InChI is InChI=1S/C18H24N4O3/c1-12-8-9-22(15(12)11-23)18(24)19-10-13(2)17-20-16(21-25-17)14-6-4-3-5-7-14/h3-7,12-13,15,23H,8-11H2,1-2H3,(H,19,24)/t12-,13+,15+/m0/s1. The number of amides is 2. The zero-order chi connectivity index (χ0) is 17.8. The molecule has 0 spiro atoms. The van der Waals surface area contributed by atoms with Crippen LogP contribution in [-0.2, 0) is 0 Å². The minimum absolute atomic E-state index is 0.00572. The Hall–Kier alpha value is -2.41. The second-order valence-electron chi connectivity index (χ2n) is 6.62. The molecule has 7 nitrogen and oxygen atoms in total. The van der Waals surface area contributed by atoms with Crippen molar-refractivity contribution in [2.24, 2.45) is 5.92 Å². The summed E-state index contributed by atoms with van der Waals surface area (Å²) in [5, 5.41) is 16.4. The van der Waals surface area contributed by atoms with Crippen LogP contribution >= 0.6 is 0 Å². The molecule has 0 aliphatic carbocycles. The van der Waals surface area contributed by atoms with Gasteiger partial charge in [0.1, 0.15) is 0 Å². The summed E-state index contributed by atoms with van der Waals surface area (Å²) in [6, 6.07) is 9.35. The van der Waals surface area contributed by atoms with E-state index in [4.69, 9.17) is 4.52 Å². The molecule has 1 aliphatic rings. The minimum atomic E-state index is -0.155. The molecule has 1 aliphatic heterocycles. The third-order valence-electron chi connectivity index (χ3n) is 4.79. The Morgan fingerprint density at radius 3 is 2.92 bits per heavy atom. The summed E-state index contributed by atoms with van der Waals surface area (Å²) < 4.78 is 5.33. The largest absolute Gasteiger partial charge is 0.394 e. The van der Waals surface area contributed by atoms with Crippen LogP contribution in [0.4, 0.5) is 4.79 Å². The van der Waals surface area contributed by atoms with Crippen LogP contribution in [-0.4, -0.2) is 51.9 Å². The molecule has 2 aromatic rings. The Morgan fingerprint density at radius 2 is 2.20 bits per heavy atom. The van der Waals surface area contributed by atoms with Crippen LogP contribution in [0.25, 0.3) is 11.4 Å². The van der Waals surface area contributed by atoms with E-state index in [9.17, 15) is 9.90 Å².